The average Bonchev–Trinajstić information content (AvgIpc) is 2.41. The van der Waals surface area contributed by atoms with Gasteiger partial charge >= 0.3 is 0 Å². The van der Waals surface area contributed by atoms with Crippen LogP contribution in [0.15, 0.2) is 18.8 Å². The van der Waals surface area contributed by atoms with E-state index in [1.807, 2.05) is 6.20 Å². The van der Waals surface area contributed by atoms with Gasteiger partial charge in [-0.15, -0.1) is 0 Å². The SMILES string of the molecule is C=C(c1cc(C)cnc1C)N(C)C1CCCCC1. The normalized spacial score (nSPS) is 16.6. The van der Waals surface area contributed by atoms with E-state index in [0.29, 0.717) is 6.04 Å². The Morgan fingerprint density at radius 3 is 2.61 bits per heavy atom. The van der Waals surface area contributed by atoms with Gasteiger partial charge in [0.05, 0.1) is 0 Å². The summed E-state index contributed by atoms with van der Waals surface area (Å²) < 4.78 is 0. The molecule has 1 aromatic rings. The van der Waals surface area contributed by atoms with Crippen LogP contribution in [0.2, 0.25) is 0 Å². The zero-order valence-corrected chi connectivity index (χ0v) is 11.9. The van der Waals surface area contributed by atoms with Crippen molar-refractivity contribution in [1.82, 2.24) is 9.88 Å². The maximum Gasteiger partial charge on any atom is 0.0465 e. The molecule has 0 unspecified atom stereocenters. The zero-order chi connectivity index (χ0) is 13.1. The summed E-state index contributed by atoms with van der Waals surface area (Å²) in [4.78, 5) is 6.80. The first-order chi connectivity index (χ1) is 8.59. The summed E-state index contributed by atoms with van der Waals surface area (Å²) >= 11 is 0. The van der Waals surface area contributed by atoms with Crippen LogP contribution in [0.25, 0.3) is 5.70 Å². The van der Waals surface area contributed by atoms with Gasteiger partial charge in [-0.2, -0.15) is 0 Å². The Labute approximate surface area is 111 Å². The number of rotatable bonds is 3. The lowest BCUT2D eigenvalue weighted by Gasteiger charge is -2.34. The van der Waals surface area contributed by atoms with Crippen molar-refractivity contribution in [3.63, 3.8) is 0 Å². The van der Waals surface area contributed by atoms with Gasteiger partial charge in [-0.1, -0.05) is 25.8 Å². The Hall–Kier alpha value is -1.31. The van der Waals surface area contributed by atoms with Gasteiger partial charge in [0.15, 0.2) is 0 Å². The lowest BCUT2D eigenvalue weighted by molar-refractivity contribution is 0.266. The first-order valence-corrected chi connectivity index (χ1v) is 6.95. The van der Waals surface area contributed by atoms with E-state index in [-0.39, 0.29) is 0 Å². The van der Waals surface area contributed by atoms with E-state index in [2.05, 4.69) is 43.4 Å². The summed E-state index contributed by atoms with van der Waals surface area (Å²) in [5.41, 5.74) is 4.60. The number of nitrogens with zero attached hydrogens (tertiary/aromatic N) is 2. The third-order valence-corrected chi connectivity index (χ3v) is 4.08. The molecule has 1 aliphatic carbocycles. The lowest BCUT2D eigenvalue weighted by atomic mass is 9.93. The van der Waals surface area contributed by atoms with Gasteiger partial charge in [0.1, 0.15) is 0 Å². The Morgan fingerprint density at radius 2 is 1.94 bits per heavy atom. The predicted molar refractivity (Wildman–Crippen MR) is 77.4 cm³/mol. The third-order valence-electron chi connectivity index (χ3n) is 4.08. The minimum atomic E-state index is 0.658. The van der Waals surface area contributed by atoms with Gasteiger partial charge in [0.2, 0.25) is 0 Å². The molecule has 0 saturated heterocycles. The highest BCUT2D eigenvalue weighted by Gasteiger charge is 2.20. The van der Waals surface area contributed by atoms with Crippen LogP contribution >= 0.6 is 0 Å². The van der Waals surface area contributed by atoms with E-state index >= 15 is 0 Å². The molecule has 18 heavy (non-hydrogen) atoms. The summed E-state index contributed by atoms with van der Waals surface area (Å²) in [6.07, 6.45) is 8.62. The summed E-state index contributed by atoms with van der Waals surface area (Å²) in [7, 11) is 2.18. The van der Waals surface area contributed by atoms with Crippen LogP contribution in [0.4, 0.5) is 0 Å². The van der Waals surface area contributed by atoms with Gasteiger partial charge in [0, 0.05) is 36.2 Å². The van der Waals surface area contributed by atoms with Crippen molar-refractivity contribution in [3.8, 4) is 0 Å². The van der Waals surface area contributed by atoms with Gasteiger partial charge in [0.25, 0.3) is 0 Å². The summed E-state index contributed by atoms with van der Waals surface area (Å²) in [6, 6.07) is 2.86. The fourth-order valence-corrected chi connectivity index (χ4v) is 2.81. The molecule has 2 nitrogen and oxygen atoms in total. The molecule has 0 amide bonds. The van der Waals surface area contributed by atoms with E-state index in [4.69, 9.17) is 0 Å². The van der Waals surface area contributed by atoms with Crippen LogP contribution < -0.4 is 0 Å². The molecular weight excluding hydrogens is 220 g/mol. The molecule has 0 spiro atoms. The Balaban J connectivity index is 2.16. The number of aryl methyl sites for hydroxylation is 2. The molecule has 0 atom stereocenters. The second-order valence-corrected chi connectivity index (χ2v) is 5.50. The van der Waals surface area contributed by atoms with Crippen molar-refractivity contribution in [2.75, 3.05) is 7.05 Å². The van der Waals surface area contributed by atoms with Gasteiger partial charge < -0.3 is 4.90 Å². The van der Waals surface area contributed by atoms with E-state index < -0.39 is 0 Å². The lowest BCUT2D eigenvalue weighted by Crippen LogP contribution is -2.32. The number of hydrogen-bond donors (Lipinski definition) is 0. The van der Waals surface area contributed by atoms with E-state index in [9.17, 15) is 0 Å². The van der Waals surface area contributed by atoms with Crippen LogP contribution in [0, 0.1) is 13.8 Å². The smallest absolute Gasteiger partial charge is 0.0465 e. The molecule has 1 fully saturated rings. The van der Waals surface area contributed by atoms with Gasteiger partial charge in [-0.25, -0.2) is 0 Å². The van der Waals surface area contributed by atoms with E-state index in [1.165, 1.54) is 43.2 Å². The molecule has 1 aliphatic rings. The predicted octanol–water partition coefficient (Wildman–Crippen LogP) is 3.93. The fourth-order valence-electron chi connectivity index (χ4n) is 2.81. The third kappa shape index (κ3) is 2.74. The number of hydrogen-bond acceptors (Lipinski definition) is 2. The average molecular weight is 244 g/mol. The number of aromatic nitrogens is 1. The maximum atomic E-state index is 4.44. The van der Waals surface area contributed by atoms with Crippen molar-refractivity contribution >= 4 is 5.70 Å². The highest BCUT2D eigenvalue weighted by Crippen LogP contribution is 2.28. The largest absolute Gasteiger partial charge is 0.372 e. The molecule has 0 aliphatic heterocycles. The first-order valence-electron chi connectivity index (χ1n) is 6.95. The quantitative estimate of drug-likeness (QED) is 0.800. The Kier molecular flexibility index (Phi) is 4.05. The molecule has 0 N–H and O–H groups in total. The summed E-state index contributed by atoms with van der Waals surface area (Å²) in [6.45, 7) is 8.44. The molecule has 1 aromatic heterocycles. The van der Waals surface area contributed by atoms with E-state index in [0.717, 1.165) is 11.4 Å². The Bertz CT molecular complexity index is 431. The molecule has 0 aromatic carbocycles. The van der Waals surface area contributed by atoms with Crippen molar-refractivity contribution in [1.29, 1.82) is 0 Å². The van der Waals surface area contributed by atoms with Crippen LogP contribution in [-0.4, -0.2) is 23.0 Å². The molecule has 0 radical (unpaired) electrons. The Morgan fingerprint density at radius 1 is 1.28 bits per heavy atom. The number of pyridine rings is 1. The molecule has 2 rings (SSSR count). The van der Waals surface area contributed by atoms with Crippen molar-refractivity contribution in [2.45, 2.75) is 52.0 Å². The molecule has 98 valence electrons. The fraction of sp³-hybridized carbons (Fsp3) is 0.562. The van der Waals surface area contributed by atoms with Crippen LogP contribution in [0.5, 0.6) is 0 Å². The van der Waals surface area contributed by atoms with Crippen LogP contribution in [0.1, 0.15) is 48.9 Å². The molecular formula is C16H24N2. The molecule has 2 heteroatoms. The zero-order valence-electron chi connectivity index (χ0n) is 11.9. The second-order valence-electron chi connectivity index (χ2n) is 5.50. The van der Waals surface area contributed by atoms with Crippen molar-refractivity contribution in [2.24, 2.45) is 0 Å². The van der Waals surface area contributed by atoms with Gasteiger partial charge in [-0.05, 0) is 38.3 Å². The highest BCUT2D eigenvalue weighted by atomic mass is 15.1. The maximum absolute atomic E-state index is 4.44. The topological polar surface area (TPSA) is 16.1 Å². The van der Waals surface area contributed by atoms with Gasteiger partial charge in [-0.3, -0.25) is 4.98 Å². The van der Waals surface area contributed by atoms with Crippen LogP contribution in [-0.2, 0) is 0 Å². The second kappa shape index (κ2) is 5.55. The monoisotopic (exact) mass is 244 g/mol. The minimum absolute atomic E-state index is 0.658. The molecule has 1 heterocycles. The van der Waals surface area contributed by atoms with Crippen molar-refractivity contribution in [3.05, 3.63) is 35.7 Å². The first kappa shape index (κ1) is 13.1. The molecule has 0 bridgehead atoms. The minimum Gasteiger partial charge on any atom is -0.372 e. The highest BCUT2D eigenvalue weighted by molar-refractivity contribution is 5.64. The standard InChI is InChI=1S/C16H24N2/c1-12-10-16(13(2)17-11-12)14(3)18(4)15-8-6-5-7-9-15/h10-11,15H,3,5-9H2,1-2,4H3. The molecule has 1 saturated carbocycles. The summed E-state index contributed by atoms with van der Waals surface area (Å²) in [5, 5.41) is 0. The van der Waals surface area contributed by atoms with Crippen LogP contribution in [0.3, 0.4) is 0 Å². The van der Waals surface area contributed by atoms with Crippen molar-refractivity contribution < 1.29 is 0 Å². The van der Waals surface area contributed by atoms with E-state index in [1.54, 1.807) is 0 Å². The summed E-state index contributed by atoms with van der Waals surface area (Å²) in [5.74, 6) is 0.